The lowest BCUT2D eigenvalue weighted by molar-refractivity contribution is -0.119. The molecule has 0 bridgehead atoms. The summed E-state index contributed by atoms with van der Waals surface area (Å²) in [5, 5.41) is 14.6. The number of anilines is 4. The number of rotatable bonds is 10. The Hall–Kier alpha value is -6.89. The summed E-state index contributed by atoms with van der Waals surface area (Å²) in [6.45, 7) is -0.175. The first-order valence-corrected chi connectivity index (χ1v) is 13.9. The molecule has 2 aromatic heterocycles. The van der Waals surface area contributed by atoms with Crippen molar-refractivity contribution < 1.29 is 33.4 Å². The Morgan fingerprint density at radius 2 is 1.64 bits per heavy atom. The van der Waals surface area contributed by atoms with Crippen LogP contribution in [0.2, 0.25) is 0 Å². The molecule has 262 valence electrons. The lowest BCUT2D eigenvalue weighted by Crippen LogP contribution is -2.37. The van der Waals surface area contributed by atoms with Gasteiger partial charge in [-0.2, -0.15) is 4.98 Å². The topological polar surface area (TPSA) is 316 Å². The van der Waals surface area contributed by atoms with E-state index in [9.17, 15) is 38.3 Å². The second-order valence-electron chi connectivity index (χ2n) is 10.2. The van der Waals surface area contributed by atoms with Crippen LogP contribution in [-0.4, -0.2) is 50.3 Å². The summed E-state index contributed by atoms with van der Waals surface area (Å²) in [7, 11) is 1.30. The molecule has 5 rings (SSSR count). The third-order valence-electron chi connectivity index (χ3n) is 7.06. The van der Waals surface area contributed by atoms with Gasteiger partial charge in [0.05, 0.1) is 12.7 Å². The van der Waals surface area contributed by atoms with Gasteiger partial charge < -0.3 is 49.1 Å². The standard InChI is InChI=1S/C20H17FN8O5.C10H12N2O3.CH4/c21-9-2-1-7(3-8(9)6-25-13-12(22)14(30)15(13)31)5-26-18(32)10-4-11(19(33)34)29-17(27-10)16(23)28-20(29)24;1-15-10(14)7-4-2-6(3-5-7)8(11)9(12)13;/h1-4,25H,5-6,22-23H2,(H2,24,28)(H,26,32)(H,33,34);2-5,8H,11H2,1H3,(H2,12,13);1H4/t;8-;/m.1./s1. The number of aromatic carboxylic acids is 1. The molecule has 0 spiro atoms. The number of carbonyl (C=O) groups excluding carboxylic acids is 3. The number of carboxylic acid groups (broad SMARTS) is 1. The number of amides is 2. The smallest absolute Gasteiger partial charge is 0.353 e. The Morgan fingerprint density at radius 1 is 0.980 bits per heavy atom. The fourth-order valence-electron chi connectivity index (χ4n) is 4.43. The number of primary amides is 1. The van der Waals surface area contributed by atoms with Gasteiger partial charge >= 0.3 is 11.9 Å². The number of halogens is 1. The van der Waals surface area contributed by atoms with Gasteiger partial charge in [-0.3, -0.25) is 23.6 Å². The van der Waals surface area contributed by atoms with Gasteiger partial charge in [-0.1, -0.05) is 25.6 Å². The largest absolute Gasteiger partial charge is 0.477 e. The van der Waals surface area contributed by atoms with Gasteiger partial charge in [-0.25, -0.2) is 19.0 Å². The highest BCUT2D eigenvalue weighted by Gasteiger charge is 2.21. The molecule has 18 nitrogen and oxygen atoms in total. The van der Waals surface area contributed by atoms with Crippen molar-refractivity contribution in [2.75, 3.05) is 29.6 Å². The number of nitrogens with one attached hydrogen (secondary N) is 2. The monoisotopic (exact) mass is 692 g/mol. The van der Waals surface area contributed by atoms with E-state index in [-0.39, 0.29) is 66.3 Å². The maximum Gasteiger partial charge on any atom is 0.353 e. The Kier molecular flexibility index (Phi) is 11.5. The number of fused-ring (bicyclic) bond motifs is 1. The summed E-state index contributed by atoms with van der Waals surface area (Å²) in [6, 6.07) is 10.4. The molecule has 0 radical (unpaired) electrons. The van der Waals surface area contributed by atoms with Crippen molar-refractivity contribution in [1.29, 1.82) is 0 Å². The number of hydrogen-bond acceptors (Lipinski definition) is 14. The number of methoxy groups -OCH3 is 1. The molecule has 0 fully saturated rings. The van der Waals surface area contributed by atoms with Crippen LogP contribution in [0.5, 0.6) is 0 Å². The number of carboxylic acids is 1. The second-order valence-corrected chi connectivity index (χ2v) is 10.2. The summed E-state index contributed by atoms with van der Waals surface area (Å²) in [6.07, 6.45) is 0. The fourth-order valence-corrected chi connectivity index (χ4v) is 4.43. The summed E-state index contributed by atoms with van der Waals surface area (Å²) in [5.74, 6) is -4.05. The minimum Gasteiger partial charge on any atom is -0.477 e. The zero-order valence-electron chi connectivity index (χ0n) is 25.5. The molecular formula is C31H33FN10O8. The summed E-state index contributed by atoms with van der Waals surface area (Å²) < 4.78 is 19.7. The number of benzene rings is 2. The maximum atomic E-state index is 14.2. The van der Waals surface area contributed by atoms with Gasteiger partial charge in [0.15, 0.2) is 11.5 Å². The molecule has 0 saturated heterocycles. The summed E-state index contributed by atoms with van der Waals surface area (Å²) >= 11 is 0. The van der Waals surface area contributed by atoms with E-state index in [0.717, 1.165) is 10.5 Å². The van der Waals surface area contributed by atoms with Crippen molar-refractivity contribution in [3.05, 3.63) is 108 Å². The van der Waals surface area contributed by atoms with Crippen molar-refractivity contribution in [3.63, 3.8) is 0 Å². The first-order valence-electron chi connectivity index (χ1n) is 13.9. The molecule has 2 amide bonds. The Morgan fingerprint density at radius 3 is 2.22 bits per heavy atom. The fraction of sp³-hybridized carbons (Fsp3) is 0.161. The van der Waals surface area contributed by atoms with E-state index in [4.69, 9.17) is 28.7 Å². The predicted octanol–water partition coefficient (Wildman–Crippen LogP) is 0.0457. The minimum absolute atomic E-state index is 0. The number of nitrogens with zero attached hydrogens (tertiary/aromatic N) is 3. The van der Waals surface area contributed by atoms with Crippen LogP contribution in [0.1, 0.15) is 61.5 Å². The number of hydrogen-bond donors (Lipinski definition) is 8. The van der Waals surface area contributed by atoms with Crippen molar-refractivity contribution >= 4 is 52.5 Å². The molecule has 0 aliphatic carbocycles. The quantitative estimate of drug-likeness (QED) is 0.0708. The summed E-state index contributed by atoms with van der Waals surface area (Å²) in [4.78, 5) is 76.5. The average molecular weight is 693 g/mol. The van der Waals surface area contributed by atoms with Gasteiger partial charge in [0.2, 0.25) is 11.9 Å². The van der Waals surface area contributed by atoms with Crippen molar-refractivity contribution in [2.24, 2.45) is 11.5 Å². The van der Waals surface area contributed by atoms with Crippen LogP contribution in [0, 0.1) is 5.82 Å². The van der Waals surface area contributed by atoms with Crippen LogP contribution < -0.4 is 50.2 Å². The van der Waals surface area contributed by atoms with E-state index in [1.807, 2.05) is 0 Å². The third kappa shape index (κ3) is 7.80. The van der Waals surface area contributed by atoms with Crippen LogP contribution in [0.3, 0.4) is 0 Å². The van der Waals surface area contributed by atoms with E-state index >= 15 is 0 Å². The van der Waals surface area contributed by atoms with Gasteiger partial charge in [0.25, 0.3) is 16.8 Å². The molecule has 0 unspecified atom stereocenters. The van der Waals surface area contributed by atoms with Gasteiger partial charge in [-0.05, 0) is 35.4 Å². The number of ether oxygens (including phenoxy) is 1. The van der Waals surface area contributed by atoms with Gasteiger partial charge in [0, 0.05) is 24.7 Å². The molecule has 13 N–H and O–H groups in total. The predicted molar refractivity (Wildman–Crippen MR) is 180 cm³/mol. The van der Waals surface area contributed by atoms with Gasteiger partial charge in [-0.15, -0.1) is 0 Å². The highest BCUT2D eigenvalue weighted by Crippen LogP contribution is 2.20. The lowest BCUT2D eigenvalue weighted by Gasteiger charge is -2.12. The maximum absolute atomic E-state index is 14.2. The lowest BCUT2D eigenvalue weighted by atomic mass is 10.1. The zero-order chi connectivity index (χ0) is 36.2. The van der Waals surface area contributed by atoms with E-state index < -0.39 is 46.5 Å². The highest BCUT2D eigenvalue weighted by molar-refractivity contribution is 5.97. The van der Waals surface area contributed by atoms with Crippen LogP contribution >= 0.6 is 0 Å². The van der Waals surface area contributed by atoms with E-state index in [1.165, 1.54) is 37.4 Å². The van der Waals surface area contributed by atoms with Crippen molar-refractivity contribution in [1.82, 2.24) is 19.7 Å². The van der Waals surface area contributed by atoms with E-state index in [1.54, 1.807) is 12.1 Å². The normalized spacial score (nSPS) is 11.1. The molecule has 19 heteroatoms. The summed E-state index contributed by atoms with van der Waals surface area (Å²) in [5.41, 5.74) is 26.5. The molecule has 3 aromatic carbocycles. The average Bonchev–Trinajstić information content (AvgIpc) is 3.39. The number of carbonyl (C=O) groups is 4. The molecule has 0 aliphatic heterocycles. The first-order chi connectivity index (χ1) is 23.1. The zero-order valence-corrected chi connectivity index (χ0v) is 25.5. The molecule has 50 heavy (non-hydrogen) atoms. The van der Waals surface area contributed by atoms with E-state index in [2.05, 4.69) is 25.3 Å². The Balaban J connectivity index is 0.000000356. The van der Waals surface area contributed by atoms with Crippen LogP contribution in [0.4, 0.5) is 27.5 Å². The highest BCUT2D eigenvalue weighted by atomic mass is 19.1. The number of nitrogen functional groups attached to an aromatic ring is 3. The van der Waals surface area contributed by atoms with E-state index in [0.29, 0.717) is 16.7 Å². The first kappa shape index (κ1) is 37.6. The minimum atomic E-state index is -1.37. The van der Waals surface area contributed by atoms with Crippen LogP contribution in [0.25, 0.3) is 5.65 Å². The van der Waals surface area contributed by atoms with Gasteiger partial charge in [0.1, 0.15) is 34.6 Å². The number of aromatic nitrogens is 3. The molecule has 0 aliphatic rings. The number of imidazole rings is 1. The molecule has 0 saturated carbocycles. The van der Waals surface area contributed by atoms with Crippen molar-refractivity contribution in [3.8, 4) is 0 Å². The van der Waals surface area contributed by atoms with Crippen molar-refractivity contribution in [2.45, 2.75) is 26.6 Å². The number of nitrogens with two attached hydrogens (primary N) is 5. The Bertz CT molecular complexity index is 2180. The second kappa shape index (κ2) is 15.3. The third-order valence-corrected chi connectivity index (χ3v) is 7.06. The molecule has 2 heterocycles. The van der Waals surface area contributed by atoms with Crippen LogP contribution in [0.15, 0.2) is 58.1 Å². The number of esters is 1. The Labute approximate surface area is 281 Å². The SMILES string of the molecule is C.COC(=O)c1ccc([C@@H](N)C(N)=O)cc1.Nc1c(NCc2cc(CNC(=O)c3cc(C(=O)O)n4c(N)nc(N)c4n3)ccc2F)c(=O)c1=O. The molecule has 5 aromatic rings. The van der Waals surface area contributed by atoms with Crippen LogP contribution in [-0.2, 0) is 22.6 Å². The molecule has 1 atom stereocenters. The molecular weight excluding hydrogens is 659 g/mol.